The van der Waals surface area contributed by atoms with Crippen LogP contribution in [-0.4, -0.2) is 46.7 Å². The summed E-state index contributed by atoms with van der Waals surface area (Å²) in [5, 5.41) is 0. The van der Waals surface area contributed by atoms with E-state index in [0.29, 0.717) is 0 Å². The zero-order chi connectivity index (χ0) is 22.0. The average Bonchev–Trinajstić information content (AvgIpc) is 2.75. The van der Waals surface area contributed by atoms with Crippen molar-refractivity contribution >= 4 is 11.9 Å². The SMILES string of the molecule is C#CCC(C/C=C/CCCCCCCCCC(OC)OC)(C(=O)OC)C(=O)OC. The van der Waals surface area contributed by atoms with Crippen molar-refractivity contribution in [3.05, 3.63) is 12.2 Å². The van der Waals surface area contributed by atoms with Crippen LogP contribution in [0.15, 0.2) is 12.2 Å². The second-order valence-electron chi connectivity index (χ2n) is 7.07. The highest BCUT2D eigenvalue weighted by Gasteiger charge is 2.46. The molecule has 0 aliphatic rings. The van der Waals surface area contributed by atoms with E-state index in [2.05, 4.69) is 5.92 Å². The topological polar surface area (TPSA) is 71.1 Å². The molecule has 0 radical (unpaired) electrons. The van der Waals surface area contributed by atoms with Crippen LogP contribution in [0, 0.1) is 17.8 Å². The van der Waals surface area contributed by atoms with E-state index in [9.17, 15) is 9.59 Å². The van der Waals surface area contributed by atoms with Crippen LogP contribution in [0.5, 0.6) is 0 Å². The number of unbranched alkanes of at least 4 members (excludes halogenated alkanes) is 7. The molecule has 29 heavy (non-hydrogen) atoms. The lowest BCUT2D eigenvalue weighted by Gasteiger charge is -2.24. The van der Waals surface area contributed by atoms with Gasteiger partial charge in [0.1, 0.15) is 0 Å². The predicted octanol–water partition coefficient (Wildman–Crippen LogP) is 4.42. The standard InChI is InChI=1S/C23H38O6/c1-6-18-23(21(24)28-4,22(25)29-5)19-16-14-12-10-8-7-9-11-13-15-17-20(26-2)27-3/h1,14,16,20H,7-13,15,17-19H2,2-5H3/b16-14+. The van der Waals surface area contributed by atoms with Crippen molar-refractivity contribution in [1.29, 1.82) is 0 Å². The zero-order valence-corrected chi connectivity index (χ0v) is 18.5. The van der Waals surface area contributed by atoms with Gasteiger partial charge in [-0.2, -0.15) is 0 Å². The third-order valence-corrected chi connectivity index (χ3v) is 5.03. The second-order valence-corrected chi connectivity index (χ2v) is 7.07. The van der Waals surface area contributed by atoms with Crippen molar-refractivity contribution < 1.29 is 28.5 Å². The molecule has 6 nitrogen and oxygen atoms in total. The van der Waals surface area contributed by atoms with Gasteiger partial charge in [0.05, 0.1) is 14.2 Å². The van der Waals surface area contributed by atoms with E-state index in [4.69, 9.17) is 25.4 Å². The number of carbonyl (C=O) groups excluding carboxylic acids is 2. The molecular weight excluding hydrogens is 372 g/mol. The van der Waals surface area contributed by atoms with Gasteiger partial charge >= 0.3 is 11.9 Å². The summed E-state index contributed by atoms with van der Waals surface area (Å²) in [5.74, 6) is 1.08. The zero-order valence-electron chi connectivity index (χ0n) is 18.5. The minimum atomic E-state index is -1.46. The molecule has 0 saturated heterocycles. The molecule has 0 heterocycles. The van der Waals surface area contributed by atoms with Crippen molar-refractivity contribution in [2.24, 2.45) is 5.41 Å². The normalized spacial score (nSPS) is 11.6. The number of rotatable bonds is 17. The average molecular weight is 411 g/mol. The van der Waals surface area contributed by atoms with E-state index in [-0.39, 0.29) is 19.1 Å². The number of ether oxygens (including phenoxy) is 4. The summed E-state index contributed by atoms with van der Waals surface area (Å²) < 4.78 is 19.9. The summed E-state index contributed by atoms with van der Waals surface area (Å²) >= 11 is 0. The fraction of sp³-hybridized carbons (Fsp3) is 0.739. The van der Waals surface area contributed by atoms with Gasteiger partial charge in [-0.05, 0) is 32.1 Å². The first kappa shape index (κ1) is 27.2. The Kier molecular flexibility index (Phi) is 16.0. The van der Waals surface area contributed by atoms with Crippen molar-refractivity contribution in [2.75, 3.05) is 28.4 Å². The second kappa shape index (κ2) is 17.1. The summed E-state index contributed by atoms with van der Waals surface area (Å²) in [7, 11) is 5.83. The van der Waals surface area contributed by atoms with Gasteiger partial charge in [0.2, 0.25) is 0 Å². The van der Waals surface area contributed by atoms with Crippen molar-refractivity contribution in [3.8, 4) is 12.3 Å². The summed E-state index contributed by atoms with van der Waals surface area (Å²) in [4.78, 5) is 24.3. The Morgan fingerprint density at radius 3 is 1.86 bits per heavy atom. The summed E-state index contributed by atoms with van der Waals surface area (Å²) in [6.45, 7) is 0. The van der Waals surface area contributed by atoms with Crippen LogP contribution in [-0.2, 0) is 28.5 Å². The highest BCUT2D eigenvalue weighted by Crippen LogP contribution is 2.30. The Balaban J connectivity index is 4.07. The number of hydrogen-bond acceptors (Lipinski definition) is 6. The molecule has 166 valence electrons. The maximum absolute atomic E-state index is 12.1. The minimum absolute atomic E-state index is 0.0494. The lowest BCUT2D eigenvalue weighted by molar-refractivity contribution is -0.168. The van der Waals surface area contributed by atoms with Gasteiger partial charge in [-0.15, -0.1) is 12.3 Å². The monoisotopic (exact) mass is 410 g/mol. The molecule has 0 N–H and O–H groups in total. The number of methoxy groups -OCH3 is 4. The van der Waals surface area contributed by atoms with E-state index < -0.39 is 17.4 Å². The van der Waals surface area contributed by atoms with Gasteiger partial charge in [0.15, 0.2) is 11.7 Å². The molecule has 0 unspecified atom stereocenters. The maximum atomic E-state index is 12.1. The lowest BCUT2D eigenvalue weighted by Crippen LogP contribution is -2.40. The molecule has 0 aromatic carbocycles. The number of carbonyl (C=O) groups is 2. The molecule has 0 rings (SSSR count). The number of hydrogen-bond donors (Lipinski definition) is 0. The van der Waals surface area contributed by atoms with Gasteiger partial charge in [-0.1, -0.05) is 44.3 Å². The number of terminal acetylenes is 1. The highest BCUT2D eigenvalue weighted by molar-refractivity contribution is 6.00. The predicted molar refractivity (Wildman–Crippen MR) is 113 cm³/mol. The Bertz CT molecular complexity index is 500. The molecule has 0 spiro atoms. The molecule has 0 aromatic rings. The first-order chi connectivity index (χ1) is 14.0. The van der Waals surface area contributed by atoms with Gasteiger partial charge in [-0.3, -0.25) is 9.59 Å². The van der Waals surface area contributed by atoms with Crippen LogP contribution >= 0.6 is 0 Å². The molecule has 0 bridgehead atoms. The Labute approximate surface area is 176 Å². The maximum Gasteiger partial charge on any atom is 0.324 e. The molecule has 0 aromatic heterocycles. The molecule has 6 heteroatoms. The van der Waals surface area contributed by atoms with Gasteiger partial charge < -0.3 is 18.9 Å². The molecular formula is C23H38O6. The first-order valence-corrected chi connectivity index (χ1v) is 10.3. The number of allylic oxidation sites excluding steroid dienone is 2. The molecule has 0 aliphatic carbocycles. The summed E-state index contributed by atoms with van der Waals surface area (Å²) in [6.07, 6.45) is 19.3. The molecule has 0 aliphatic heterocycles. The fourth-order valence-electron chi connectivity index (χ4n) is 3.22. The van der Waals surface area contributed by atoms with Gasteiger partial charge in [-0.25, -0.2) is 0 Å². The smallest absolute Gasteiger partial charge is 0.324 e. The van der Waals surface area contributed by atoms with E-state index >= 15 is 0 Å². The molecule has 0 saturated carbocycles. The molecule has 0 atom stereocenters. The van der Waals surface area contributed by atoms with Crippen molar-refractivity contribution in [1.82, 2.24) is 0 Å². The van der Waals surface area contributed by atoms with Crippen LogP contribution in [0.1, 0.15) is 70.6 Å². The van der Waals surface area contributed by atoms with Crippen molar-refractivity contribution in [3.63, 3.8) is 0 Å². The largest absolute Gasteiger partial charge is 0.468 e. The van der Waals surface area contributed by atoms with E-state index in [1.54, 1.807) is 14.2 Å². The lowest BCUT2D eigenvalue weighted by atomic mass is 9.81. The summed E-state index contributed by atoms with van der Waals surface area (Å²) in [6, 6.07) is 0. The minimum Gasteiger partial charge on any atom is -0.468 e. The summed E-state index contributed by atoms with van der Waals surface area (Å²) in [5.41, 5.74) is -1.46. The third kappa shape index (κ3) is 10.5. The fourth-order valence-corrected chi connectivity index (χ4v) is 3.22. The number of esters is 2. The third-order valence-electron chi connectivity index (χ3n) is 5.03. The van der Waals surface area contributed by atoms with Crippen LogP contribution in [0.4, 0.5) is 0 Å². The Morgan fingerprint density at radius 2 is 1.38 bits per heavy atom. The van der Waals surface area contributed by atoms with Gasteiger partial charge in [0, 0.05) is 20.6 Å². The highest BCUT2D eigenvalue weighted by atomic mass is 16.7. The van der Waals surface area contributed by atoms with E-state index in [1.807, 2.05) is 12.2 Å². The van der Waals surface area contributed by atoms with E-state index in [0.717, 1.165) is 32.1 Å². The Morgan fingerprint density at radius 1 is 0.862 bits per heavy atom. The Hall–Kier alpha value is -1.84. The van der Waals surface area contributed by atoms with Crippen LogP contribution in [0.25, 0.3) is 0 Å². The van der Waals surface area contributed by atoms with Gasteiger partial charge in [0.25, 0.3) is 0 Å². The van der Waals surface area contributed by atoms with E-state index in [1.165, 1.54) is 39.9 Å². The molecule has 0 amide bonds. The van der Waals surface area contributed by atoms with Crippen LogP contribution in [0.3, 0.4) is 0 Å². The quantitative estimate of drug-likeness (QED) is 0.0883. The molecule has 0 fully saturated rings. The van der Waals surface area contributed by atoms with Crippen LogP contribution in [0.2, 0.25) is 0 Å². The van der Waals surface area contributed by atoms with Crippen molar-refractivity contribution in [2.45, 2.75) is 76.9 Å². The van der Waals surface area contributed by atoms with Crippen LogP contribution < -0.4 is 0 Å². The first-order valence-electron chi connectivity index (χ1n) is 10.3.